The molecule has 0 aliphatic carbocycles. The van der Waals surface area contributed by atoms with E-state index in [1.54, 1.807) is 19.1 Å². The highest BCUT2D eigenvalue weighted by Crippen LogP contribution is 2.32. The van der Waals surface area contributed by atoms with E-state index in [-0.39, 0.29) is 11.8 Å². The molecule has 1 aromatic rings. The Bertz CT molecular complexity index is 476. The van der Waals surface area contributed by atoms with Gasteiger partial charge in [-0.1, -0.05) is 6.07 Å². The van der Waals surface area contributed by atoms with Crippen molar-refractivity contribution >= 4 is 11.4 Å². The van der Waals surface area contributed by atoms with Crippen LogP contribution in [0.15, 0.2) is 18.2 Å². The van der Waals surface area contributed by atoms with E-state index in [0.717, 1.165) is 0 Å². The lowest BCUT2D eigenvalue weighted by molar-refractivity contribution is -0.384. The first-order valence-corrected chi connectivity index (χ1v) is 6.32. The summed E-state index contributed by atoms with van der Waals surface area (Å²) in [5.41, 5.74) is 1.17. The summed E-state index contributed by atoms with van der Waals surface area (Å²) < 4.78 is 5.44. The van der Waals surface area contributed by atoms with Gasteiger partial charge < -0.3 is 14.7 Å². The largest absolute Gasteiger partial charge is 0.389 e. The Hall–Kier alpha value is -1.66. The molecular formula is C13H18N2O4. The molecule has 2 unspecified atom stereocenters. The number of nitro benzene ring substituents is 1. The molecule has 0 bridgehead atoms. The van der Waals surface area contributed by atoms with Gasteiger partial charge >= 0.3 is 0 Å². The van der Waals surface area contributed by atoms with E-state index in [4.69, 9.17) is 4.74 Å². The second-order valence-electron chi connectivity index (χ2n) is 4.81. The average molecular weight is 266 g/mol. The quantitative estimate of drug-likeness (QED) is 0.667. The third kappa shape index (κ3) is 3.02. The minimum absolute atomic E-state index is 0.0347. The Morgan fingerprint density at radius 3 is 2.89 bits per heavy atom. The molecule has 1 aliphatic rings. The second kappa shape index (κ2) is 5.54. The van der Waals surface area contributed by atoms with Crippen molar-refractivity contribution in [3.8, 4) is 0 Å². The number of aliphatic hydroxyl groups is 1. The van der Waals surface area contributed by atoms with E-state index in [2.05, 4.69) is 0 Å². The van der Waals surface area contributed by atoms with Crippen LogP contribution in [0.4, 0.5) is 11.4 Å². The minimum Gasteiger partial charge on any atom is -0.389 e. The molecular weight excluding hydrogens is 248 g/mol. The standard InChI is InChI=1S/C13H18N2O4/c1-9-8-14(5-6-19-9)12-4-3-11(10(2)16)7-13(12)15(17)18/h3-4,7,9-10,16H,5-6,8H2,1-2H3. The van der Waals surface area contributed by atoms with Gasteiger partial charge in [-0.05, 0) is 25.5 Å². The first kappa shape index (κ1) is 13.8. The predicted molar refractivity (Wildman–Crippen MR) is 71.4 cm³/mol. The van der Waals surface area contributed by atoms with Crippen LogP contribution < -0.4 is 4.90 Å². The molecule has 1 N–H and O–H groups in total. The van der Waals surface area contributed by atoms with Crippen LogP contribution in [-0.2, 0) is 4.74 Å². The van der Waals surface area contributed by atoms with Crippen molar-refractivity contribution in [3.05, 3.63) is 33.9 Å². The van der Waals surface area contributed by atoms with Crippen LogP contribution in [-0.4, -0.2) is 35.8 Å². The number of nitro groups is 1. The van der Waals surface area contributed by atoms with Crippen molar-refractivity contribution in [2.45, 2.75) is 26.1 Å². The summed E-state index contributed by atoms with van der Waals surface area (Å²) in [6, 6.07) is 4.88. The maximum Gasteiger partial charge on any atom is 0.292 e. The highest BCUT2D eigenvalue weighted by molar-refractivity contribution is 5.64. The molecule has 1 heterocycles. The fourth-order valence-corrected chi connectivity index (χ4v) is 2.25. The predicted octanol–water partition coefficient (Wildman–Crippen LogP) is 1.87. The Labute approximate surface area is 111 Å². The molecule has 2 atom stereocenters. The van der Waals surface area contributed by atoms with E-state index in [9.17, 15) is 15.2 Å². The van der Waals surface area contributed by atoms with Crippen LogP contribution in [0.5, 0.6) is 0 Å². The number of hydrogen-bond acceptors (Lipinski definition) is 5. The smallest absolute Gasteiger partial charge is 0.292 e. The number of ether oxygens (including phenoxy) is 1. The van der Waals surface area contributed by atoms with Gasteiger partial charge in [0.25, 0.3) is 5.69 Å². The van der Waals surface area contributed by atoms with Gasteiger partial charge in [0.1, 0.15) is 5.69 Å². The topological polar surface area (TPSA) is 75.8 Å². The average Bonchev–Trinajstić information content (AvgIpc) is 2.37. The first-order chi connectivity index (χ1) is 8.99. The minimum atomic E-state index is -0.712. The molecule has 1 saturated heterocycles. The van der Waals surface area contributed by atoms with Crippen LogP contribution in [0.1, 0.15) is 25.5 Å². The van der Waals surface area contributed by atoms with Crippen LogP contribution >= 0.6 is 0 Å². The second-order valence-corrected chi connectivity index (χ2v) is 4.81. The van der Waals surface area contributed by atoms with Gasteiger partial charge in [0.2, 0.25) is 0 Å². The van der Waals surface area contributed by atoms with Crippen molar-refractivity contribution < 1.29 is 14.8 Å². The zero-order valence-electron chi connectivity index (χ0n) is 11.1. The number of morpholine rings is 1. The molecule has 0 saturated carbocycles. The molecule has 6 heteroatoms. The molecule has 0 radical (unpaired) electrons. The normalized spacial score (nSPS) is 21.2. The van der Waals surface area contributed by atoms with Gasteiger partial charge in [-0.2, -0.15) is 0 Å². The molecule has 0 spiro atoms. The third-order valence-electron chi connectivity index (χ3n) is 3.26. The number of nitrogens with zero attached hydrogens (tertiary/aromatic N) is 2. The van der Waals surface area contributed by atoms with Crippen molar-refractivity contribution in [2.24, 2.45) is 0 Å². The van der Waals surface area contributed by atoms with E-state index < -0.39 is 11.0 Å². The molecule has 6 nitrogen and oxygen atoms in total. The lowest BCUT2D eigenvalue weighted by Gasteiger charge is -2.32. The van der Waals surface area contributed by atoms with Gasteiger partial charge in [0, 0.05) is 19.2 Å². The van der Waals surface area contributed by atoms with Gasteiger partial charge in [0.05, 0.1) is 23.7 Å². The Kier molecular flexibility index (Phi) is 4.01. The summed E-state index contributed by atoms with van der Waals surface area (Å²) in [6.07, 6.45) is -0.652. The lowest BCUT2D eigenvalue weighted by atomic mass is 10.1. The van der Waals surface area contributed by atoms with E-state index in [1.165, 1.54) is 6.07 Å². The fraction of sp³-hybridized carbons (Fsp3) is 0.538. The number of anilines is 1. The molecule has 1 fully saturated rings. The van der Waals surface area contributed by atoms with Gasteiger partial charge in [-0.25, -0.2) is 0 Å². The summed E-state index contributed by atoms with van der Waals surface area (Å²) >= 11 is 0. The lowest BCUT2D eigenvalue weighted by Crippen LogP contribution is -2.41. The summed E-state index contributed by atoms with van der Waals surface area (Å²) in [5.74, 6) is 0. The summed E-state index contributed by atoms with van der Waals surface area (Å²) in [6.45, 7) is 5.38. The molecule has 0 aromatic heterocycles. The SMILES string of the molecule is CC1CN(c2ccc(C(C)O)cc2[N+](=O)[O-])CCO1. The van der Waals surface area contributed by atoms with Crippen LogP contribution in [0.25, 0.3) is 0 Å². The summed E-state index contributed by atoms with van der Waals surface area (Å²) in [4.78, 5) is 12.7. The number of benzene rings is 1. The van der Waals surface area contributed by atoms with E-state index in [0.29, 0.717) is 30.9 Å². The van der Waals surface area contributed by atoms with Crippen LogP contribution in [0.3, 0.4) is 0 Å². The highest BCUT2D eigenvalue weighted by Gasteiger charge is 2.24. The first-order valence-electron chi connectivity index (χ1n) is 6.32. The van der Waals surface area contributed by atoms with Gasteiger partial charge in [-0.3, -0.25) is 10.1 Å². The monoisotopic (exact) mass is 266 g/mol. The number of aliphatic hydroxyl groups excluding tert-OH is 1. The van der Waals surface area contributed by atoms with Crippen LogP contribution in [0, 0.1) is 10.1 Å². The molecule has 0 amide bonds. The Morgan fingerprint density at radius 1 is 1.58 bits per heavy atom. The summed E-state index contributed by atoms with van der Waals surface area (Å²) in [7, 11) is 0. The van der Waals surface area contributed by atoms with Gasteiger partial charge in [0.15, 0.2) is 0 Å². The van der Waals surface area contributed by atoms with Crippen molar-refractivity contribution in [1.29, 1.82) is 0 Å². The van der Waals surface area contributed by atoms with Crippen LogP contribution in [0.2, 0.25) is 0 Å². The third-order valence-corrected chi connectivity index (χ3v) is 3.26. The van der Waals surface area contributed by atoms with Crippen molar-refractivity contribution in [3.63, 3.8) is 0 Å². The maximum absolute atomic E-state index is 11.2. The molecule has 1 aromatic carbocycles. The van der Waals surface area contributed by atoms with Gasteiger partial charge in [-0.15, -0.1) is 0 Å². The Balaban J connectivity index is 2.36. The van der Waals surface area contributed by atoms with E-state index >= 15 is 0 Å². The molecule has 104 valence electrons. The molecule has 19 heavy (non-hydrogen) atoms. The maximum atomic E-state index is 11.2. The Morgan fingerprint density at radius 2 is 2.32 bits per heavy atom. The zero-order valence-corrected chi connectivity index (χ0v) is 11.1. The number of rotatable bonds is 3. The fourth-order valence-electron chi connectivity index (χ4n) is 2.25. The van der Waals surface area contributed by atoms with Crippen molar-refractivity contribution in [2.75, 3.05) is 24.6 Å². The summed E-state index contributed by atoms with van der Waals surface area (Å²) in [5, 5.41) is 20.7. The van der Waals surface area contributed by atoms with Crippen molar-refractivity contribution in [1.82, 2.24) is 0 Å². The number of hydrogen-bond donors (Lipinski definition) is 1. The molecule has 1 aliphatic heterocycles. The van der Waals surface area contributed by atoms with E-state index in [1.807, 2.05) is 11.8 Å². The highest BCUT2D eigenvalue weighted by atomic mass is 16.6. The zero-order chi connectivity index (χ0) is 14.0. The molecule has 2 rings (SSSR count).